The van der Waals surface area contributed by atoms with Gasteiger partial charge in [-0.05, 0) is 37.2 Å². The van der Waals surface area contributed by atoms with Crippen LogP contribution in [0.15, 0.2) is 12.4 Å². The number of carbonyl (C=O) groups excluding carboxylic acids is 1. The van der Waals surface area contributed by atoms with Crippen molar-refractivity contribution in [3.05, 3.63) is 17.4 Å². The lowest BCUT2D eigenvalue weighted by Gasteiger charge is -2.33. The average molecular weight is 290 g/mol. The third kappa shape index (κ3) is 2.20. The number of hydrogen-bond acceptors (Lipinski definition) is 6. The van der Waals surface area contributed by atoms with Gasteiger partial charge >= 0.3 is 0 Å². The minimum absolute atomic E-state index is 0.0153. The summed E-state index contributed by atoms with van der Waals surface area (Å²) in [6.07, 6.45) is 7.49. The van der Waals surface area contributed by atoms with Gasteiger partial charge in [0.25, 0.3) is 0 Å². The van der Waals surface area contributed by atoms with Crippen molar-refractivity contribution >= 4 is 23.4 Å². The van der Waals surface area contributed by atoms with Crippen molar-refractivity contribution in [1.29, 1.82) is 0 Å². The first kappa shape index (κ1) is 12.0. The lowest BCUT2D eigenvalue weighted by molar-refractivity contribution is -0.123. The van der Waals surface area contributed by atoms with Crippen molar-refractivity contribution in [2.45, 2.75) is 37.6 Å². The van der Waals surface area contributed by atoms with Gasteiger partial charge < -0.3 is 0 Å². The van der Waals surface area contributed by atoms with Gasteiger partial charge in [0.1, 0.15) is 5.01 Å². The Balaban J connectivity index is 1.32. The third-order valence-electron chi connectivity index (χ3n) is 3.90. The van der Waals surface area contributed by atoms with E-state index in [0.29, 0.717) is 17.9 Å². The number of carbonyl (C=O) groups is 1. The van der Waals surface area contributed by atoms with E-state index >= 15 is 0 Å². The molecule has 0 saturated heterocycles. The largest absolute Gasteiger partial charge is 0.294 e. The summed E-state index contributed by atoms with van der Waals surface area (Å²) < 4.78 is 6.01. The zero-order valence-corrected chi connectivity index (χ0v) is 11.6. The van der Waals surface area contributed by atoms with E-state index in [1.165, 1.54) is 24.4 Å². The van der Waals surface area contributed by atoms with Crippen LogP contribution in [-0.4, -0.2) is 30.3 Å². The van der Waals surface area contributed by atoms with Crippen LogP contribution in [0.5, 0.6) is 0 Å². The van der Waals surface area contributed by atoms with Crippen LogP contribution in [0.1, 0.15) is 42.7 Å². The first-order valence-corrected chi connectivity index (χ1v) is 7.57. The normalized spacial score (nSPS) is 25.2. The summed E-state index contributed by atoms with van der Waals surface area (Å²) in [5, 5.41) is 11.6. The zero-order valence-electron chi connectivity index (χ0n) is 10.8. The summed E-state index contributed by atoms with van der Waals surface area (Å²) >= 11 is 1.40. The molecule has 2 aromatic heterocycles. The van der Waals surface area contributed by atoms with Gasteiger partial charge in [-0.1, -0.05) is 5.21 Å². The molecule has 7 nitrogen and oxygen atoms in total. The van der Waals surface area contributed by atoms with Gasteiger partial charge in [0.2, 0.25) is 11.9 Å². The number of nitrogens with zero attached hydrogens (tertiary/aromatic N) is 5. The molecule has 0 unspecified atom stereocenters. The fourth-order valence-electron chi connectivity index (χ4n) is 2.42. The summed E-state index contributed by atoms with van der Waals surface area (Å²) in [5.74, 6) is 1.09. The molecule has 2 aliphatic rings. The van der Waals surface area contributed by atoms with Crippen LogP contribution in [0.2, 0.25) is 0 Å². The van der Waals surface area contributed by atoms with Crippen LogP contribution in [-0.2, 0) is 4.79 Å². The summed E-state index contributed by atoms with van der Waals surface area (Å²) in [7, 11) is 0. The highest BCUT2D eigenvalue weighted by molar-refractivity contribution is 7.05. The van der Waals surface area contributed by atoms with Crippen molar-refractivity contribution in [3.8, 4) is 0 Å². The Kier molecular flexibility index (Phi) is 2.76. The summed E-state index contributed by atoms with van der Waals surface area (Å²) in [4.78, 5) is 16.4. The molecule has 0 spiro atoms. The Hall–Kier alpha value is -1.83. The van der Waals surface area contributed by atoms with Gasteiger partial charge in [-0.3, -0.25) is 10.1 Å². The van der Waals surface area contributed by atoms with E-state index in [-0.39, 0.29) is 11.8 Å². The van der Waals surface area contributed by atoms with Crippen molar-refractivity contribution in [2.24, 2.45) is 5.92 Å². The topological polar surface area (TPSA) is 85.6 Å². The Labute approximate surface area is 119 Å². The van der Waals surface area contributed by atoms with Gasteiger partial charge in [-0.25, -0.2) is 9.67 Å². The molecular weight excluding hydrogens is 276 g/mol. The van der Waals surface area contributed by atoms with Crippen molar-refractivity contribution in [3.63, 3.8) is 0 Å². The van der Waals surface area contributed by atoms with Crippen LogP contribution in [0.4, 0.5) is 5.95 Å². The molecule has 0 bridgehead atoms. The monoisotopic (exact) mass is 290 g/mol. The van der Waals surface area contributed by atoms with Gasteiger partial charge in [0.15, 0.2) is 0 Å². The summed E-state index contributed by atoms with van der Waals surface area (Å²) in [5.41, 5.74) is 0. The molecule has 4 rings (SSSR count). The molecule has 1 amide bonds. The summed E-state index contributed by atoms with van der Waals surface area (Å²) in [6, 6.07) is 0.290. The molecule has 0 aliphatic heterocycles. The highest BCUT2D eigenvalue weighted by Gasteiger charge is 2.36. The molecule has 2 heterocycles. The maximum absolute atomic E-state index is 12.1. The van der Waals surface area contributed by atoms with E-state index in [9.17, 15) is 4.79 Å². The molecule has 2 aliphatic carbocycles. The van der Waals surface area contributed by atoms with E-state index in [4.69, 9.17) is 0 Å². The number of anilines is 1. The molecule has 2 saturated carbocycles. The Morgan fingerprint density at radius 3 is 2.95 bits per heavy atom. The molecule has 104 valence electrons. The maximum Gasteiger partial charge on any atom is 0.241 e. The fraction of sp³-hybridized carbons (Fsp3) is 0.583. The Morgan fingerprint density at radius 1 is 1.40 bits per heavy atom. The predicted octanol–water partition coefficient (Wildman–Crippen LogP) is 1.60. The molecule has 1 N–H and O–H groups in total. The molecular formula is C12H14N6OS. The third-order valence-corrected chi connectivity index (χ3v) is 4.78. The lowest BCUT2D eigenvalue weighted by Crippen LogP contribution is -2.36. The van der Waals surface area contributed by atoms with Crippen LogP contribution in [0, 0.1) is 5.92 Å². The highest BCUT2D eigenvalue weighted by atomic mass is 32.1. The maximum atomic E-state index is 12.1. The van der Waals surface area contributed by atoms with Gasteiger partial charge in [0, 0.05) is 18.0 Å². The van der Waals surface area contributed by atoms with E-state index in [1.807, 2.05) is 10.9 Å². The first-order valence-electron chi connectivity index (χ1n) is 6.80. The van der Waals surface area contributed by atoms with Crippen molar-refractivity contribution in [2.75, 3.05) is 5.32 Å². The number of rotatable bonds is 4. The second kappa shape index (κ2) is 4.62. The zero-order chi connectivity index (χ0) is 13.5. The van der Waals surface area contributed by atoms with E-state index in [2.05, 4.69) is 25.0 Å². The van der Waals surface area contributed by atoms with Crippen molar-refractivity contribution < 1.29 is 4.79 Å². The Morgan fingerprint density at radius 2 is 2.25 bits per heavy atom. The lowest BCUT2D eigenvalue weighted by atomic mass is 9.80. The van der Waals surface area contributed by atoms with Crippen LogP contribution in [0.3, 0.4) is 0 Å². The van der Waals surface area contributed by atoms with Gasteiger partial charge in [0.05, 0.1) is 12.2 Å². The fourth-order valence-corrected chi connectivity index (χ4v) is 3.20. The standard InChI is InChI=1S/C12H14N6OS/c19-10(8-5-9(6-8)18-4-3-13-17-18)14-12-15-11(20-16-12)7-1-2-7/h3-4,7-9H,1-2,5-6H2,(H,14,16,19). The van der Waals surface area contributed by atoms with Crippen molar-refractivity contribution in [1.82, 2.24) is 24.4 Å². The Bertz CT molecular complexity index is 614. The number of nitrogens with one attached hydrogen (secondary N) is 1. The van der Waals surface area contributed by atoms with E-state index < -0.39 is 0 Å². The average Bonchev–Trinajstić information content (AvgIpc) is 2.90. The van der Waals surface area contributed by atoms with E-state index in [0.717, 1.165) is 17.8 Å². The second-order valence-corrected chi connectivity index (χ2v) is 6.21. The smallest absolute Gasteiger partial charge is 0.241 e. The SMILES string of the molecule is O=C(Nc1nsc(C2CC2)n1)C1CC(n2ccnn2)C1. The quantitative estimate of drug-likeness (QED) is 0.924. The highest BCUT2D eigenvalue weighted by Crippen LogP contribution is 2.41. The molecule has 20 heavy (non-hydrogen) atoms. The number of amides is 1. The molecule has 8 heteroatoms. The van der Waals surface area contributed by atoms with Crippen LogP contribution < -0.4 is 5.32 Å². The second-order valence-electron chi connectivity index (χ2n) is 5.42. The first-order chi connectivity index (χ1) is 9.79. The molecule has 2 fully saturated rings. The number of aromatic nitrogens is 5. The van der Waals surface area contributed by atoms with E-state index in [1.54, 1.807) is 6.20 Å². The minimum atomic E-state index is 0.0153. The van der Waals surface area contributed by atoms with Crippen LogP contribution in [0.25, 0.3) is 0 Å². The molecule has 0 atom stereocenters. The molecule has 0 aromatic carbocycles. The van der Waals surface area contributed by atoms with Gasteiger partial charge in [-0.15, -0.1) is 5.10 Å². The summed E-state index contributed by atoms with van der Waals surface area (Å²) in [6.45, 7) is 0. The molecule has 2 aromatic rings. The minimum Gasteiger partial charge on any atom is -0.294 e. The van der Waals surface area contributed by atoms with Gasteiger partial charge in [-0.2, -0.15) is 4.37 Å². The number of hydrogen-bond donors (Lipinski definition) is 1. The molecule has 0 radical (unpaired) electrons. The predicted molar refractivity (Wildman–Crippen MR) is 72.3 cm³/mol. The van der Waals surface area contributed by atoms with Crippen LogP contribution >= 0.6 is 11.5 Å².